The van der Waals surface area contributed by atoms with Gasteiger partial charge in [-0.2, -0.15) is 4.98 Å². The van der Waals surface area contributed by atoms with Gasteiger partial charge in [0.25, 0.3) is 5.89 Å². The van der Waals surface area contributed by atoms with Crippen molar-refractivity contribution in [2.24, 2.45) is 5.73 Å². The number of hydrogen-bond donors (Lipinski definition) is 3. The zero-order valence-electron chi connectivity index (χ0n) is 18.5. The molecule has 0 aliphatic carbocycles. The number of carbonyl (C=O) groups is 1. The summed E-state index contributed by atoms with van der Waals surface area (Å²) >= 11 is 1.62. The highest BCUT2D eigenvalue weighted by molar-refractivity contribution is 7.15. The number of amides is 1. The second kappa shape index (κ2) is 10.2. The molecular weight excluding hydrogens is 432 g/mol. The van der Waals surface area contributed by atoms with E-state index in [9.17, 15) is 15.0 Å². The van der Waals surface area contributed by atoms with Gasteiger partial charge in [0.2, 0.25) is 11.7 Å². The molecule has 9 nitrogen and oxygen atoms in total. The van der Waals surface area contributed by atoms with Gasteiger partial charge in [-0.3, -0.25) is 4.79 Å². The molecule has 0 bridgehead atoms. The maximum absolute atomic E-state index is 10.9. The van der Waals surface area contributed by atoms with Crippen LogP contribution in [0.5, 0.6) is 5.75 Å². The summed E-state index contributed by atoms with van der Waals surface area (Å²) in [6.07, 6.45) is -2.62. The lowest BCUT2D eigenvalue weighted by Crippen LogP contribution is -2.33. The van der Waals surface area contributed by atoms with Crippen molar-refractivity contribution in [1.82, 2.24) is 15.0 Å². The highest BCUT2D eigenvalue weighted by atomic mass is 32.1. The van der Waals surface area contributed by atoms with Gasteiger partial charge >= 0.3 is 0 Å². The summed E-state index contributed by atoms with van der Waals surface area (Å²) in [6, 6.07) is 7.80. The van der Waals surface area contributed by atoms with Gasteiger partial charge in [0.05, 0.1) is 11.0 Å². The smallest absolute Gasteiger partial charge is 0.268 e. The second-order valence-corrected chi connectivity index (χ2v) is 9.15. The van der Waals surface area contributed by atoms with Crippen molar-refractivity contribution in [2.45, 2.75) is 39.0 Å². The number of aliphatic hydroxyl groups excluding tert-OH is 2. The number of aliphatic hydroxyl groups is 2. The minimum Gasteiger partial charge on any atom is -0.490 e. The number of aromatic nitrogens is 2. The fourth-order valence-corrected chi connectivity index (χ4v) is 4.31. The molecule has 10 heteroatoms. The zero-order valence-corrected chi connectivity index (χ0v) is 19.3. The zero-order chi connectivity index (χ0) is 23.4. The van der Waals surface area contributed by atoms with E-state index in [1.165, 1.54) is 4.88 Å². The first-order valence-corrected chi connectivity index (χ1v) is 10.9. The number of carbonyl (C=O) groups excluding carboxylic acids is 1. The van der Waals surface area contributed by atoms with Gasteiger partial charge in [-0.15, -0.1) is 11.3 Å². The molecule has 2 heterocycles. The van der Waals surface area contributed by atoms with E-state index in [0.29, 0.717) is 17.5 Å². The summed E-state index contributed by atoms with van der Waals surface area (Å²) in [4.78, 5) is 19.7. The van der Waals surface area contributed by atoms with Crippen LogP contribution in [-0.4, -0.2) is 64.1 Å². The van der Waals surface area contributed by atoms with E-state index in [0.717, 1.165) is 28.1 Å². The van der Waals surface area contributed by atoms with Gasteiger partial charge in [0.15, 0.2) is 0 Å². The summed E-state index contributed by atoms with van der Waals surface area (Å²) in [5, 5.41) is 23.6. The Morgan fingerprint density at radius 3 is 2.56 bits per heavy atom. The number of thiophene rings is 1. The molecule has 4 N–H and O–H groups in total. The predicted octanol–water partition coefficient (Wildman–Crippen LogP) is 2.12. The first kappa shape index (κ1) is 23.9. The largest absolute Gasteiger partial charge is 0.490 e. The van der Waals surface area contributed by atoms with Crippen molar-refractivity contribution in [3.05, 3.63) is 40.3 Å². The first-order valence-electron chi connectivity index (χ1n) is 10.1. The van der Waals surface area contributed by atoms with E-state index < -0.39 is 18.1 Å². The van der Waals surface area contributed by atoms with Gasteiger partial charge in [-0.1, -0.05) is 5.16 Å². The molecule has 1 amide bonds. The molecule has 3 rings (SSSR count). The average molecular weight is 461 g/mol. The standard InChI is InChI=1S/C22H28N4O5S/c1-12-7-14(8-13(2)19(12)30-11-15(27)9-17(28)20(23)29)21-24-22(31-25-21)18-6-5-16(32-18)10-26(3)4/h5-8,15,17,27-28H,9-11H2,1-4H3,(H2,23,29)/t15-,17?/m1/s1. The van der Waals surface area contributed by atoms with Crippen LogP contribution in [-0.2, 0) is 11.3 Å². The van der Waals surface area contributed by atoms with Crippen molar-refractivity contribution >= 4 is 17.2 Å². The lowest BCUT2D eigenvalue weighted by atomic mass is 10.1. The lowest BCUT2D eigenvalue weighted by molar-refractivity contribution is -0.127. The summed E-state index contributed by atoms with van der Waals surface area (Å²) in [7, 11) is 4.04. The number of hydrogen-bond acceptors (Lipinski definition) is 9. The third kappa shape index (κ3) is 5.92. The van der Waals surface area contributed by atoms with Crippen molar-refractivity contribution in [2.75, 3.05) is 20.7 Å². The van der Waals surface area contributed by atoms with Crippen LogP contribution in [0.4, 0.5) is 0 Å². The van der Waals surface area contributed by atoms with Crippen LogP contribution in [0.1, 0.15) is 22.4 Å². The highest BCUT2D eigenvalue weighted by Gasteiger charge is 2.19. The minimum absolute atomic E-state index is 0.0780. The Balaban J connectivity index is 1.71. The molecule has 172 valence electrons. The molecule has 2 atom stereocenters. The van der Waals surface area contributed by atoms with Crippen LogP contribution in [0.3, 0.4) is 0 Å². The van der Waals surface area contributed by atoms with Crippen LogP contribution in [0.15, 0.2) is 28.8 Å². The van der Waals surface area contributed by atoms with Crippen LogP contribution in [0.2, 0.25) is 0 Å². The van der Waals surface area contributed by atoms with Gasteiger partial charge < -0.3 is 30.1 Å². The van der Waals surface area contributed by atoms with E-state index in [2.05, 4.69) is 21.1 Å². The van der Waals surface area contributed by atoms with Crippen molar-refractivity contribution < 1.29 is 24.3 Å². The van der Waals surface area contributed by atoms with Crippen LogP contribution < -0.4 is 10.5 Å². The van der Waals surface area contributed by atoms with Crippen molar-refractivity contribution in [1.29, 1.82) is 0 Å². The van der Waals surface area contributed by atoms with Gasteiger partial charge in [-0.25, -0.2) is 0 Å². The third-order valence-corrected chi connectivity index (χ3v) is 5.79. The van der Waals surface area contributed by atoms with E-state index in [-0.39, 0.29) is 13.0 Å². The van der Waals surface area contributed by atoms with Gasteiger partial charge in [-0.05, 0) is 63.3 Å². The van der Waals surface area contributed by atoms with Crippen LogP contribution in [0, 0.1) is 13.8 Å². The number of aryl methyl sites for hydroxylation is 2. The third-order valence-electron chi connectivity index (χ3n) is 4.73. The fraction of sp³-hybridized carbons (Fsp3) is 0.409. The Hall–Kier alpha value is -2.79. The lowest BCUT2D eigenvalue weighted by Gasteiger charge is -2.17. The normalized spacial score (nSPS) is 13.3. The molecule has 0 aliphatic rings. The molecule has 0 saturated heterocycles. The molecule has 2 aromatic heterocycles. The summed E-state index contributed by atoms with van der Waals surface area (Å²) in [6.45, 7) is 4.53. The number of nitrogens with two attached hydrogens (primary N) is 1. The Kier molecular flexibility index (Phi) is 7.62. The molecule has 1 unspecified atom stereocenters. The van der Waals surface area contributed by atoms with E-state index in [1.807, 2.05) is 46.1 Å². The van der Waals surface area contributed by atoms with E-state index >= 15 is 0 Å². The molecule has 0 saturated carbocycles. The molecule has 0 aliphatic heterocycles. The summed E-state index contributed by atoms with van der Waals surface area (Å²) in [5.74, 6) is 0.681. The molecule has 3 aromatic rings. The molecule has 32 heavy (non-hydrogen) atoms. The molecule has 0 radical (unpaired) electrons. The van der Waals surface area contributed by atoms with Crippen LogP contribution >= 0.6 is 11.3 Å². The summed E-state index contributed by atoms with van der Waals surface area (Å²) in [5.41, 5.74) is 7.46. The molecule has 0 fully saturated rings. The second-order valence-electron chi connectivity index (χ2n) is 7.98. The maximum Gasteiger partial charge on any atom is 0.268 e. The average Bonchev–Trinajstić information content (AvgIpc) is 3.36. The van der Waals surface area contributed by atoms with E-state index in [1.54, 1.807) is 11.3 Å². The number of nitrogens with zero attached hydrogens (tertiary/aromatic N) is 3. The quantitative estimate of drug-likeness (QED) is 0.419. The summed E-state index contributed by atoms with van der Waals surface area (Å²) < 4.78 is 11.2. The van der Waals surface area contributed by atoms with Crippen molar-refractivity contribution in [3.63, 3.8) is 0 Å². The number of benzene rings is 1. The Labute approximate surface area is 190 Å². The minimum atomic E-state index is -1.41. The Morgan fingerprint density at radius 1 is 1.25 bits per heavy atom. The maximum atomic E-state index is 10.9. The Morgan fingerprint density at radius 2 is 1.94 bits per heavy atom. The fourth-order valence-electron chi connectivity index (χ4n) is 3.26. The van der Waals surface area contributed by atoms with Crippen LogP contribution in [0.25, 0.3) is 22.2 Å². The first-order chi connectivity index (χ1) is 15.1. The molecule has 1 aromatic carbocycles. The SMILES string of the molecule is Cc1cc(-c2noc(-c3ccc(CN(C)C)s3)n2)cc(C)c1OC[C@H](O)CC(O)C(N)=O. The van der Waals surface area contributed by atoms with Gasteiger partial charge in [0.1, 0.15) is 18.5 Å². The van der Waals surface area contributed by atoms with Gasteiger partial charge in [0, 0.05) is 23.4 Å². The number of ether oxygens (including phenoxy) is 1. The highest BCUT2D eigenvalue weighted by Crippen LogP contribution is 2.32. The number of rotatable bonds is 10. The molecule has 0 spiro atoms. The Bertz CT molecular complexity index is 1050. The van der Waals surface area contributed by atoms with E-state index in [4.69, 9.17) is 15.0 Å². The monoisotopic (exact) mass is 460 g/mol. The van der Waals surface area contributed by atoms with Crippen molar-refractivity contribution in [3.8, 4) is 27.9 Å². The molecular formula is C22H28N4O5S. The number of primary amides is 1. The topological polar surface area (TPSA) is 135 Å². The predicted molar refractivity (Wildman–Crippen MR) is 121 cm³/mol.